The van der Waals surface area contributed by atoms with Gasteiger partial charge in [-0.05, 0) is 31.7 Å². The number of amides is 1. The van der Waals surface area contributed by atoms with Crippen LogP contribution in [-0.2, 0) is 0 Å². The van der Waals surface area contributed by atoms with Gasteiger partial charge in [0.25, 0.3) is 5.91 Å². The van der Waals surface area contributed by atoms with E-state index < -0.39 is 0 Å². The molecule has 0 radical (unpaired) electrons. The van der Waals surface area contributed by atoms with Gasteiger partial charge < -0.3 is 4.90 Å². The minimum absolute atomic E-state index is 0.0623. The SMILES string of the molecule is CSc1ccccc1C(=O)N(C)CCC(C)Cl. The Bertz CT molecular complexity index is 381. The Morgan fingerprint density at radius 3 is 2.71 bits per heavy atom. The maximum Gasteiger partial charge on any atom is 0.254 e. The number of halogens is 1. The molecule has 0 aliphatic heterocycles. The first kappa shape index (κ1) is 14.4. The summed E-state index contributed by atoms with van der Waals surface area (Å²) in [6, 6.07) is 7.68. The summed E-state index contributed by atoms with van der Waals surface area (Å²) < 4.78 is 0. The number of alkyl halides is 1. The van der Waals surface area contributed by atoms with E-state index in [9.17, 15) is 4.79 Å². The van der Waals surface area contributed by atoms with E-state index >= 15 is 0 Å². The minimum Gasteiger partial charge on any atom is -0.342 e. The zero-order valence-electron chi connectivity index (χ0n) is 10.4. The summed E-state index contributed by atoms with van der Waals surface area (Å²) in [7, 11) is 1.82. The van der Waals surface area contributed by atoms with Crippen LogP contribution in [0.4, 0.5) is 0 Å². The van der Waals surface area contributed by atoms with Crippen LogP contribution in [0.2, 0.25) is 0 Å². The third kappa shape index (κ3) is 4.25. The Morgan fingerprint density at radius 2 is 2.12 bits per heavy atom. The molecule has 0 saturated carbocycles. The van der Waals surface area contributed by atoms with Gasteiger partial charge in [-0.25, -0.2) is 0 Å². The first-order valence-corrected chi connectivity index (χ1v) is 7.25. The number of rotatable bonds is 5. The molecule has 0 aliphatic carbocycles. The van der Waals surface area contributed by atoms with E-state index in [1.54, 1.807) is 16.7 Å². The van der Waals surface area contributed by atoms with Crippen LogP contribution in [0.5, 0.6) is 0 Å². The first-order valence-electron chi connectivity index (χ1n) is 5.58. The van der Waals surface area contributed by atoms with Gasteiger partial charge in [-0.1, -0.05) is 12.1 Å². The molecule has 0 fully saturated rings. The monoisotopic (exact) mass is 271 g/mol. The van der Waals surface area contributed by atoms with Crippen LogP contribution >= 0.6 is 23.4 Å². The topological polar surface area (TPSA) is 20.3 Å². The van der Waals surface area contributed by atoms with E-state index in [-0.39, 0.29) is 11.3 Å². The van der Waals surface area contributed by atoms with Gasteiger partial charge in [-0.2, -0.15) is 0 Å². The van der Waals surface area contributed by atoms with Crippen LogP contribution < -0.4 is 0 Å². The second kappa shape index (κ2) is 6.92. The first-order chi connectivity index (χ1) is 8.06. The number of thioether (sulfide) groups is 1. The lowest BCUT2D eigenvalue weighted by Gasteiger charge is -2.19. The van der Waals surface area contributed by atoms with Gasteiger partial charge in [0.2, 0.25) is 0 Å². The highest BCUT2D eigenvalue weighted by molar-refractivity contribution is 7.98. The number of hydrogen-bond donors (Lipinski definition) is 0. The Kier molecular flexibility index (Phi) is 5.86. The predicted octanol–water partition coefficient (Wildman–Crippen LogP) is 3.50. The van der Waals surface area contributed by atoms with E-state index in [0.717, 1.165) is 16.9 Å². The zero-order chi connectivity index (χ0) is 12.8. The highest BCUT2D eigenvalue weighted by Crippen LogP contribution is 2.21. The van der Waals surface area contributed by atoms with Crippen molar-refractivity contribution in [2.24, 2.45) is 0 Å². The van der Waals surface area contributed by atoms with Gasteiger partial charge in [0, 0.05) is 23.9 Å². The molecular formula is C13H18ClNOS. The largest absolute Gasteiger partial charge is 0.342 e. The lowest BCUT2D eigenvalue weighted by Crippen LogP contribution is -2.29. The molecule has 1 unspecified atom stereocenters. The number of hydrogen-bond acceptors (Lipinski definition) is 2. The Labute approximate surface area is 112 Å². The van der Waals surface area contributed by atoms with Crippen molar-refractivity contribution in [2.75, 3.05) is 19.8 Å². The molecule has 0 aromatic heterocycles. The van der Waals surface area contributed by atoms with Crippen LogP contribution in [0.15, 0.2) is 29.2 Å². The Hall–Kier alpha value is -0.670. The zero-order valence-corrected chi connectivity index (χ0v) is 12.0. The molecule has 0 bridgehead atoms. The Morgan fingerprint density at radius 1 is 1.47 bits per heavy atom. The van der Waals surface area contributed by atoms with Crippen LogP contribution in [0.3, 0.4) is 0 Å². The van der Waals surface area contributed by atoms with Crippen LogP contribution in [-0.4, -0.2) is 36.0 Å². The molecule has 0 aliphatic rings. The van der Waals surface area contributed by atoms with E-state index in [1.807, 2.05) is 44.5 Å². The quantitative estimate of drug-likeness (QED) is 0.603. The van der Waals surface area contributed by atoms with Crippen molar-refractivity contribution in [1.29, 1.82) is 0 Å². The highest BCUT2D eigenvalue weighted by Gasteiger charge is 2.15. The summed E-state index contributed by atoms with van der Waals surface area (Å²) in [6.45, 7) is 2.63. The number of benzene rings is 1. The summed E-state index contributed by atoms with van der Waals surface area (Å²) in [6.07, 6.45) is 2.79. The molecule has 0 heterocycles. The van der Waals surface area contributed by atoms with Crippen molar-refractivity contribution >= 4 is 29.3 Å². The number of carbonyl (C=O) groups is 1. The predicted molar refractivity (Wildman–Crippen MR) is 75.1 cm³/mol. The van der Waals surface area contributed by atoms with E-state index in [2.05, 4.69) is 0 Å². The minimum atomic E-state index is 0.0623. The molecule has 1 amide bonds. The van der Waals surface area contributed by atoms with E-state index in [4.69, 9.17) is 11.6 Å². The molecule has 4 heteroatoms. The number of nitrogens with zero attached hydrogens (tertiary/aromatic N) is 1. The van der Waals surface area contributed by atoms with Crippen LogP contribution in [0.1, 0.15) is 23.7 Å². The molecule has 1 rings (SSSR count). The Balaban J connectivity index is 2.74. The van der Waals surface area contributed by atoms with Crippen molar-refractivity contribution in [3.05, 3.63) is 29.8 Å². The van der Waals surface area contributed by atoms with Crippen molar-refractivity contribution in [3.8, 4) is 0 Å². The fraction of sp³-hybridized carbons (Fsp3) is 0.462. The van der Waals surface area contributed by atoms with Gasteiger partial charge in [-0.15, -0.1) is 23.4 Å². The van der Waals surface area contributed by atoms with Gasteiger partial charge >= 0.3 is 0 Å². The molecule has 0 spiro atoms. The second-order valence-corrected chi connectivity index (χ2v) is 5.59. The fourth-order valence-electron chi connectivity index (χ4n) is 1.50. The average molecular weight is 272 g/mol. The van der Waals surface area contributed by atoms with Gasteiger partial charge in [0.1, 0.15) is 0 Å². The molecule has 94 valence electrons. The van der Waals surface area contributed by atoms with E-state index in [1.165, 1.54) is 0 Å². The summed E-state index contributed by atoms with van der Waals surface area (Å²) in [4.78, 5) is 15.0. The smallest absolute Gasteiger partial charge is 0.254 e. The molecular weight excluding hydrogens is 254 g/mol. The van der Waals surface area contributed by atoms with Gasteiger partial charge in [0.15, 0.2) is 0 Å². The molecule has 1 atom stereocenters. The summed E-state index contributed by atoms with van der Waals surface area (Å²) in [5, 5.41) is 0.0982. The molecule has 1 aromatic rings. The molecule has 17 heavy (non-hydrogen) atoms. The number of carbonyl (C=O) groups excluding carboxylic acids is 1. The second-order valence-electron chi connectivity index (χ2n) is 4.00. The molecule has 0 N–H and O–H groups in total. The molecule has 0 saturated heterocycles. The summed E-state index contributed by atoms with van der Waals surface area (Å²) in [5.41, 5.74) is 0.768. The fourth-order valence-corrected chi connectivity index (χ4v) is 2.19. The van der Waals surface area contributed by atoms with Crippen LogP contribution in [0.25, 0.3) is 0 Å². The molecule has 2 nitrogen and oxygen atoms in total. The van der Waals surface area contributed by atoms with Crippen molar-refractivity contribution in [1.82, 2.24) is 4.90 Å². The standard InChI is InChI=1S/C13H18ClNOS/c1-10(14)8-9-15(2)13(16)11-6-4-5-7-12(11)17-3/h4-7,10H,8-9H2,1-3H3. The third-order valence-corrected chi connectivity index (χ3v) is 3.56. The van der Waals surface area contributed by atoms with Crippen molar-refractivity contribution in [3.63, 3.8) is 0 Å². The van der Waals surface area contributed by atoms with Crippen LogP contribution in [0, 0.1) is 0 Å². The summed E-state index contributed by atoms with van der Waals surface area (Å²) in [5.74, 6) is 0.0623. The average Bonchev–Trinajstić information content (AvgIpc) is 2.34. The maximum atomic E-state index is 12.2. The molecule has 1 aromatic carbocycles. The highest BCUT2D eigenvalue weighted by atomic mass is 35.5. The van der Waals surface area contributed by atoms with Gasteiger partial charge in [0.05, 0.1) is 5.56 Å². The third-order valence-electron chi connectivity index (χ3n) is 2.55. The maximum absolute atomic E-state index is 12.2. The van der Waals surface area contributed by atoms with Crippen molar-refractivity contribution in [2.45, 2.75) is 23.6 Å². The van der Waals surface area contributed by atoms with Gasteiger partial charge in [-0.3, -0.25) is 4.79 Å². The summed E-state index contributed by atoms with van der Waals surface area (Å²) >= 11 is 7.48. The lowest BCUT2D eigenvalue weighted by atomic mass is 10.2. The lowest BCUT2D eigenvalue weighted by molar-refractivity contribution is 0.0790. The van der Waals surface area contributed by atoms with E-state index in [0.29, 0.717) is 6.54 Å². The van der Waals surface area contributed by atoms with Crippen molar-refractivity contribution < 1.29 is 4.79 Å². The normalized spacial score (nSPS) is 12.2.